The van der Waals surface area contributed by atoms with Crippen molar-refractivity contribution >= 4 is 27.5 Å². The highest BCUT2D eigenvalue weighted by atomic mass is 32.2. The van der Waals surface area contributed by atoms with Crippen molar-refractivity contribution in [3.8, 4) is 0 Å². The average Bonchev–Trinajstić information content (AvgIpc) is 2.68. The van der Waals surface area contributed by atoms with Gasteiger partial charge in [0.05, 0.1) is 4.90 Å². The van der Waals surface area contributed by atoms with E-state index in [1.165, 1.54) is 25.4 Å². The van der Waals surface area contributed by atoms with Gasteiger partial charge in [-0.3, -0.25) is 9.10 Å². The van der Waals surface area contributed by atoms with Gasteiger partial charge in [-0.15, -0.1) is 0 Å². The van der Waals surface area contributed by atoms with Crippen molar-refractivity contribution in [2.45, 2.75) is 4.90 Å². The van der Waals surface area contributed by atoms with E-state index in [0.29, 0.717) is 13.1 Å². The van der Waals surface area contributed by atoms with Crippen LogP contribution < -0.4 is 16.8 Å². The van der Waals surface area contributed by atoms with E-state index >= 15 is 0 Å². The number of aliphatic hydroxyl groups is 1. The molecule has 1 aromatic heterocycles. The van der Waals surface area contributed by atoms with E-state index in [1.807, 2.05) is 0 Å². The standard InChI is InChI=1S/C15H13N3O4S.C2H8N2/c1-18-13(15(20)17-12-8-4-5-9-16-12)14(19)10-6-2-3-7-11(10)23(18,21)22;3-1-2-4/h2-9,19H,1H3,(H,16,17,20);1-4H2. The van der Waals surface area contributed by atoms with Gasteiger partial charge >= 0.3 is 0 Å². The van der Waals surface area contributed by atoms with Crippen LogP contribution in [0.5, 0.6) is 0 Å². The lowest BCUT2D eigenvalue weighted by atomic mass is 10.1. The number of hydrogen-bond donors (Lipinski definition) is 4. The normalized spacial score (nSPS) is 14.7. The molecule has 9 nitrogen and oxygen atoms in total. The summed E-state index contributed by atoms with van der Waals surface area (Å²) in [6.07, 6.45) is 1.49. The molecule has 3 rings (SSSR count). The Morgan fingerprint density at radius 3 is 2.37 bits per heavy atom. The lowest BCUT2D eigenvalue weighted by molar-refractivity contribution is -0.113. The number of nitrogens with one attached hydrogen (secondary N) is 1. The molecule has 6 N–H and O–H groups in total. The second-order valence-electron chi connectivity index (χ2n) is 5.41. The fourth-order valence-electron chi connectivity index (χ4n) is 2.29. The molecular formula is C17H21N5O4S. The molecule has 1 aromatic carbocycles. The van der Waals surface area contributed by atoms with E-state index in [2.05, 4.69) is 10.3 Å². The molecule has 0 fully saturated rings. The molecule has 1 aliphatic rings. The number of rotatable bonds is 3. The molecule has 0 radical (unpaired) electrons. The van der Waals surface area contributed by atoms with Crippen LogP contribution in [0.3, 0.4) is 0 Å². The van der Waals surface area contributed by atoms with Crippen molar-refractivity contribution in [3.63, 3.8) is 0 Å². The zero-order valence-corrected chi connectivity index (χ0v) is 15.5. The summed E-state index contributed by atoms with van der Waals surface area (Å²) in [5.74, 6) is -0.907. The van der Waals surface area contributed by atoms with E-state index in [0.717, 1.165) is 4.31 Å². The van der Waals surface area contributed by atoms with E-state index in [-0.39, 0.29) is 22.0 Å². The fraction of sp³-hybridized carbons (Fsp3) is 0.176. The number of amides is 1. The Balaban J connectivity index is 0.000000596. The first-order chi connectivity index (χ1) is 12.8. The Morgan fingerprint density at radius 1 is 1.15 bits per heavy atom. The summed E-state index contributed by atoms with van der Waals surface area (Å²) >= 11 is 0. The van der Waals surface area contributed by atoms with Gasteiger partial charge < -0.3 is 21.9 Å². The van der Waals surface area contributed by atoms with Crippen molar-refractivity contribution in [2.24, 2.45) is 11.5 Å². The number of nitrogens with zero attached hydrogens (tertiary/aromatic N) is 2. The van der Waals surface area contributed by atoms with E-state index < -0.39 is 21.7 Å². The molecule has 0 unspecified atom stereocenters. The first-order valence-corrected chi connectivity index (χ1v) is 9.42. The highest BCUT2D eigenvalue weighted by Gasteiger charge is 2.37. The number of anilines is 1. The number of carbonyl (C=O) groups excluding carboxylic acids is 1. The smallest absolute Gasteiger partial charge is 0.277 e. The predicted molar refractivity (Wildman–Crippen MR) is 102 cm³/mol. The van der Waals surface area contributed by atoms with Gasteiger partial charge in [-0.2, -0.15) is 0 Å². The van der Waals surface area contributed by atoms with Gasteiger partial charge in [0.15, 0.2) is 11.5 Å². The lowest BCUT2D eigenvalue weighted by Gasteiger charge is -2.28. The number of hydrogen-bond acceptors (Lipinski definition) is 7. The summed E-state index contributed by atoms with van der Waals surface area (Å²) < 4.78 is 25.8. The van der Waals surface area contributed by atoms with Crippen LogP contribution in [-0.2, 0) is 14.8 Å². The monoisotopic (exact) mass is 391 g/mol. The van der Waals surface area contributed by atoms with Gasteiger partial charge in [0.2, 0.25) is 0 Å². The van der Waals surface area contributed by atoms with Crippen molar-refractivity contribution in [2.75, 3.05) is 25.5 Å². The highest BCUT2D eigenvalue weighted by molar-refractivity contribution is 7.89. The minimum atomic E-state index is -3.91. The zero-order valence-electron chi connectivity index (χ0n) is 14.7. The minimum absolute atomic E-state index is 0.0469. The maximum absolute atomic E-state index is 12.5. The van der Waals surface area contributed by atoms with Crippen LogP contribution in [0.25, 0.3) is 5.76 Å². The third kappa shape index (κ3) is 4.25. The molecule has 1 aliphatic heterocycles. The Bertz CT molecular complexity index is 943. The maximum Gasteiger partial charge on any atom is 0.277 e. The summed E-state index contributed by atoms with van der Waals surface area (Å²) in [6, 6.07) is 10.9. The van der Waals surface area contributed by atoms with Crippen molar-refractivity contribution < 1.29 is 18.3 Å². The number of sulfonamides is 1. The van der Waals surface area contributed by atoms with Crippen LogP contribution in [0.1, 0.15) is 5.56 Å². The third-order valence-corrected chi connectivity index (χ3v) is 5.42. The topological polar surface area (TPSA) is 152 Å². The van der Waals surface area contributed by atoms with E-state index in [1.54, 1.807) is 30.3 Å². The Labute approximate surface area is 157 Å². The SMILES string of the molecule is CN1C(C(=O)Nc2ccccn2)=C(O)c2ccccc2S1(=O)=O.NCCN. The van der Waals surface area contributed by atoms with Crippen LogP contribution in [0.4, 0.5) is 5.82 Å². The first-order valence-electron chi connectivity index (χ1n) is 7.98. The third-order valence-electron chi connectivity index (χ3n) is 3.61. The van der Waals surface area contributed by atoms with Gasteiger partial charge in [0.1, 0.15) is 5.82 Å². The van der Waals surface area contributed by atoms with Crippen LogP contribution in [0.2, 0.25) is 0 Å². The number of benzene rings is 1. The number of carbonyl (C=O) groups is 1. The molecule has 0 bridgehead atoms. The van der Waals surface area contributed by atoms with Gasteiger partial charge in [-0.1, -0.05) is 18.2 Å². The van der Waals surface area contributed by atoms with E-state index in [4.69, 9.17) is 11.5 Å². The number of aliphatic hydroxyl groups excluding tert-OH is 1. The molecule has 0 atom stereocenters. The largest absolute Gasteiger partial charge is 0.505 e. The van der Waals surface area contributed by atoms with Crippen LogP contribution >= 0.6 is 0 Å². The zero-order chi connectivity index (χ0) is 20.0. The molecule has 10 heteroatoms. The summed E-state index contributed by atoms with van der Waals surface area (Å²) in [7, 11) is -2.69. The average molecular weight is 391 g/mol. The molecule has 0 saturated heterocycles. The predicted octanol–water partition coefficient (Wildman–Crippen LogP) is 0.485. The maximum atomic E-state index is 12.5. The quantitative estimate of drug-likeness (QED) is 0.594. The second-order valence-corrected chi connectivity index (χ2v) is 7.35. The van der Waals surface area contributed by atoms with Crippen molar-refractivity contribution in [1.29, 1.82) is 0 Å². The number of pyridine rings is 1. The summed E-state index contributed by atoms with van der Waals surface area (Å²) in [5, 5.41) is 12.8. The number of nitrogens with two attached hydrogens (primary N) is 2. The molecule has 0 aliphatic carbocycles. The van der Waals surface area contributed by atoms with Crippen molar-refractivity contribution in [3.05, 3.63) is 59.9 Å². The van der Waals surface area contributed by atoms with Crippen LogP contribution in [0, 0.1) is 0 Å². The van der Waals surface area contributed by atoms with Crippen molar-refractivity contribution in [1.82, 2.24) is 9.29 Å². The molecule has 2 aromatic rings. The summed E-state index contributed by atoms with van der Waals surface area (Å²) in [6.45, 7) is 1.19. The molecule has 2 heterocycles. The lowest BCUT2D eigenvalue weighted by Crippen LogP contribution is -2.37. The number of fused-ring (bicyclic) bond motifs is 1. The van der Waals surface area contributed by atoms with Crippen LogP contribution in [0.15, 0.2) is 59.3 Å². The first kappa shape index (κ1) is 20.4. The molecule has 1 amide bonds. The number of likely N-dealkylation sites (N-methyl/N-ethyl adjacent to an activating group) is 1. The summed E-state index contributed by atoms with van der Waals surface area (Å²) in [4.78, 5) is 16.3. The molecule has 27 heavy (non-hydrogen) atoms. The molecule has 0 saturated carbocycles. The van der Waals surface area contributed by atoms with Gasteiger partial charge in [-0.25, -0.2) is 13.4 Å². The summed E-state index contributed by atoms with van der Waals surface area (Å²) in [5.41, 5.74) is 9.55. The Morgan fingerprint density at radius 2 is 1.78 bits per heavy atom. The molecule has 0 spiro atoms. The molecular weight excluding hydrogens is 370 g/mol. The second kappa shape index (κ2) is 8.62. The van der Waals surface area contributed by atoms with E-state index in [9.17, 15) is 18.3 Å². The highest BCUT2D eigenvalue weighted by Crippen LogP contribution is 2.34. The molecule has 144 valence electrons. The minimum Gasteiger partial charge on any atom is -0.505 e. The number of aromatic nitrogens is 1. The van der Waals surface area contributed by atoms with Crippen LogP contribution in [-0.4, -0.2) is 48.9 Å². The van der Waals surface area contributed by atoms with Gasteiger partial charge in [0.25, 0.3) is 15.9 Å². The Hall–Kier alpha value is -2.95. The Kier molecular flexibility index (Phi) is 6.50. The fourth-order valence-corrected chi connectivity index (χ4v) is 3.69. The van der Waals surface area contributed by atoms with Gasteiger partial charge in [0, 0.05) is 31.9 Å². The van der Waals surface area contributed by atoms with Gasteiger partial charge in [-0.05, 0) is 24.3 Å².